The molecule has 1 aliphatic heterocycles. The third-order valence-corrected chi connectivity index (χ3v) is 4.83. The predicted octanol–water partition coefficient (Wildman–Crippen LogP) is 1.28. The summed E-state index contributed by atoms with van der Waals surface area (Å²) in [5.74, 6) is 0.0669. The van der Waals surface area contributed by atoms with E-state index in [4.69, 9.17) is 4.74 Å². The van der Waals surface area contributed by atoms with E-state index in [0.29, 0.717) is 52.5 Å². The number of fused-ring (bicyclic) bond motifs is 2. The van der Waals surface area contributed by atoms with Crippen molar-refractivity contribution in [1.82, 2.24) is 29.7 Å². The number of pyridine rings is 2. The molecule has 1 N–H and O–H groups in total. The van der Waals surface area contributed by atoms with Gasteiger partial charge in [-0.25, -0.2) is 15.0 Å². The Bertz CT molecular complexity index is 1090. The molecule has 3 aromatic heterocycles. The van der Waals surface area contributed by atoms with Crippen LogP contribution in [0, 0.1) is 0 Å². The number of imidazole rings is 1. The molecule has 0 aliphatic carbocycles. The van der Waals surface area contributed by atoms with Crippen LogP contribution < -0.4 is 10.1 Å². The van der Waals surface area contributed by atoms with Crippen molar-refractivity contribution in [3.8, 4) is 5.88 Å². The number of aromatic nitrogens is 4. The van der Waals surface area contributed by atoms with Gasteiger partial charge in [-0.05, 0) is 19.1 Å². The van der Waals surface area contributed by atoms with Crippen molar-refractivity contribution in [2.24, 2.45) is 7.05 Å². The molecular formula is C19H20N6O3. The van der Waals surface area contributed by atoms with E-state index in [0.717, 1.165) is 0 Å². The molecule has 9 heteroatoms. The van der Waals surface area contributed by atoms with Crippen LogP contribution in [-0.4, -0.2) is 49.9 Å². The normalized spacial score (nSPS) is 13.1. The number of ether oxygens (including phenoxy) is 1. The van der Waals surface area contributed by atoms with Gasteiger partial charge >= 0.3 is 0 Å². The Labute approximate surface area is 161 Å². The molecule has 4 heterocycles. The predicted molar refractivity (Wildman–Crippen MR) is 101 cm³/mol. The van der Waals surface area contributed by atoms with E-state index >= 15 is 0 Å². The van der Waals surface area contributed by atoms with Crippen molar-refractivity contribution in [3.63, 3.8) is 0 Å². The second kappa shape index (κ2) is 6.91. The van der Waals surface area contributed by atoms with Crippen LogP contribution in [-0.2, 0) is 20.1 Å². The lowest BCUT2D eigenvalue weighted by Crippen LogP contribution is -2.24. The lowest BCUT2D eigenvalue weighted by Gasteiger charge is -2.10. The number of rotatable bonds is 5. The summed E-state index contributed by atoms with van der Waals surface area (Å²) in [7, 11) is 3.36. The van der Waals surface area contributed by atoms with Gasteiger partial charge in [0.25, 0.3) is 11.8 Å². The summed E-state index contributed by atoms with van der Waals surface area (Å²) in [6.45, 7) is 3.20. The maximum atomic E-state index is 12.5. The molecule has 28 heavy (non-hydrogen) atoms. The Morgan fingerprint density at radius 2 is 2.14 bits per heavy atom. The van der Waals surface area contributed by atoms with Crippen LogP contribution in [0.4, 0.5) is 0 Å². The fraction of sp³-hybridized carbons (Fsp3) is 0.316. The molecule has 0 saturated carbocycles. The Morgan fingerprint density at radius 3 is 2.89 bits per heavy atom. The molecule has 2 amide bonds. The van der Waals surface area contributed by atoms with Crippen LogP contribution in [0.3, 0.4) is 0 Å². The smallest absolute Gasteiger partial charge is 0.256 e. The summed E-state index contributed by atoms with van der Waals surface area (Å²) in [4.78, 5) is 39.6. The number of aryl methyl sites for hydroxylation is 1. The van der Waals surface area contributed by atoms with Gasteiger partial charge in [0.05, 0.1) is 36.8 Å². The Hall–Kier alpha value is -3.49. The van der Waals surface area contributed by atoms with Crippen LogP contribution in [0.15, 0.2) is 24.7 Å². The highest BCUT2D eigenvalue weighted by atomic mass is 16.5. The van der Waals surface area contributed by atoms with Crippen LogP contribution in [0.1, 0.15) is 38.9 Å². The number of nitrogens with one attached hydrogen (secondary N) is 1. The summed E-state index contributed by atoms with van der Waals surface area (Å²) in [5.41, 5.74) is 3.67. The van der Waals surface area contributed by atoms with Gasteiger partial charge in [0.15, 0.2) is 5.65 Å². The third kappa shape index (κ3) is 2.94. The number of carbonyl (C=O) groups excluding carboxylic acids is 2. The van der Waals surface area contributed by atoms with Gasteiger partial charge in [0, 0.05) is 31.9 Å². The van der Waals surface area contributed by atoms with E-state index in [2.05, 4.69) is 20.3 Å². The summed E-state index contributed by atoms with van der Waals surface area (Å²) >= 11 is 0. The number of amides is 2. The number of hydrogen-bond acceptors (Lipinski definition) is 6. The molecule has 0 radical (unpaired) electrons. The summed E-state index contributed by atoms with van der Waals surface area (Å²) < 4.78 is 7.14. The van der Waals surface area contributed by atoms with E-state index in [1.54, 1.807) is 27.9 Å². The summed E-state index contributed by atoms with van der Waals surface area (Å²) in [6, 6.07) is 3.44. The number of nitrogens with zero attached hydrogens (tertiary/aromatic N) is 5. The number of hydrogen-bond donors (Lipinski definition) is 1. The Morgan fingerprint density at radius 1 is 1.32 bits per heavy atom. The molecule has 4 rings (SSSR count). The molecule has 0 saturated heterocycles. The van der Waals surface area contributed by atoms with E-state index < -0.39 is 0 Å². The Balaban J connectivity index is 1.55. The van der Waals surface area contributed by atoms with Crippen molar-refractivity contribution in [3.05, 3.63) is 47.0 Å². The van der Waals surface area contributed by atoms with Crippen molar-refractivity contribution in [2.45, 2.75) is 20.0 Å². The molecule has 1 aliphatic rings. The molecule has 0 unspecified atom stereocenters. The SMILES string of the molecule is CCN1Cc2nc(OC)c(CNC(=O)c3cnc4c(c3)ncn4C)cc2C1=O. The lowest BCUT2D eigenvalue weighted by atomic mass is 10.1. The molecule has 144 valence electrons. The standard InChI is InChI=1S/C19H20N6O3/c1-4-25-9-15-13(19(25)27)5-12(18(23-15)28-3)8-21-17(26)11-6-14-16(20-7-11)24(2)10-22-14/h5-7,10H,4,8-9H2,1-3H3,(H,21,26). The van der Waals surface area contributed by atoms with E-state index in [9.17, 15) is 9.59 Å². The average Bonchev–Trinajstić information content (AvgIpc) is 3.24. The molecule has 3 aromatic rings. The average molecular weight is 380 g/mol. The molecule has 9 nitrogen and oxygen atoms in total. The first-order valence-corrected chi connectivity index (χ1v) is 8.93. The first-order chi connectivity index (χ1) is 13.5. The topological polar surface area (TPSA) is 102 Å². The first kappa shape index (κ1) is 17.9. The molecule has 0 fully saturated rings. The second-order valence-corrected chi connectivity index (χ2v) is 6.58. The Kier molecular flexibility index (Phi) is 4.42. The first-order valence-electron chi connectivity index (χ1n) is 8.93. The summed E-state index contributed by atoms with van der Waals surface area (Å²) in [6.07, 6.45) is 3.16. The van der Waals surface area contributed by atoms with Gasteiger partial charge in [-0.2, -0.15) is 0 Å². The van der Waals surface area contributed by atoms with Crippen molar-refractivity contribution in [1.29, 1.82) is 0 Å². The third-order valence-electron chi connectivity index (χ3n) is 4.83. The number of carbonyl (C=O) groups is 2. The fourth-order valence-corrected chi connectivity index (χ4v) is 3.28. The second-order valence-electron chi connectivity index (χ2n) is 6.58. The zero-order chi connectivity index (χ0) is 19.8. The lowest BCUT2D eigenvalue weighted by molar-refractivity contribution is 0.0786. The molecule has 0 aromatic carbocycles. The quantitative estimate of drug-likeness (QED) is 0.715. The van der Waals surface area contributed by atoms with Gasteiger partial charge in [-0.3, -0.25) is 9.59 Å². The minimum absolute atomic E-state index is 0.0509. The van der Waals surface area contributed by atoms with Crippen molar-refractivity contribution >= 4 is 23.0 Å². The molecule has 0 atom stereocenters. The van der Waals surface area contributed by atoms with Crippen LogP contribution in [0.5, 0.6) is 5.88 Å². The van der Waals surface area contributed by atoms with Gasteiger partial charge < -0.3 is 19.5 Å². The fourth-order valence-electron chi connectivity index (χ4n) is 3.28. The van der Waals surface area contributed by atoms with Crippen LogP contribution >= 0.6 is 0 Å². The highest BCUT2D eigenvalue weighted by Gasteiger charge is 2.29. The van der Waals surface area contributed by atoms with Crippen LogP contribution in [0.2, 0.25) is 0 Å². The molecular weight excluding hydrogens is 360 g/mol. The molecule has 0 bridgehead atoms. The van der Waals surface area contributed by atoms with Gasteiger partial charge in [-0.15, -0.1) is 0 Å². The van der Waals surface area contributed by atoms with Gasteiger partial charge in [0.1, 0.15) is 5.52 Å². The number of methoxy groups -OCH3 is 1. The monoisotopic (exact) mass is 380 g/mol. The van der Waals surface area contributed by atoms with E-state index in [-0.39, 0.29) is 18.4 Å². The molecule has 0 spiro atoms. The minimum atomic E-state index is -0.288. The van der Waals surface area contributed by atoms with E-state index in [1.807, 2.05) is 14.0 Å². The van der Waals surface area contributed by atoms with Crippen molar-refractivity contribution in [2.75, 3.05) is 13.7 Å². The van der Waals surface area contributed by atoms with Crippen LogP contribution in [0.25, 0.3) is 11.2 Å². The zero-order valence-corrected chi connectivity index (χ0v) is 15.9. The largest absolute Gasteiger partial charge is 0.481 e. The van der Waals surface area contributed by atoms with Gasteiger partial charge in [0.2, 0.25) is 5.88 Å². The maximum Gasteiger partial charge on any atom is 0.256 e. The van der Waals surface area contributed by atoms with Crippen molar-refractivity contribution < 1.29 is 14.3 Å². The minimum Gasteiger partial charge on any atom is -0.481 e. The van der Waals surface area contributed by atoms with Gasteiger partial charge in [-0.1, -0.05) is 0 Å². The van der Waals surface area contributed by atoms with E-state index in [1.165, 1.54) is 13.3 Å². The highest BCUT2D eigenvalue weighted by Crippen LogP contribution is 2.27. The summed E-state index contributed by atoms with van der Waals surface area (Å²) in [5, 5.41) is 2.83. The zero-order valence-electron chi connectivity index (χ0n) is 15.9. The maximum absolute atomic E-state index is 12.5. The highest BCUT2D eigenvalue weighted by molar-refractivity contribution is 5.98.